The Morgan fingerprint density at radius 2 is 2.05 bits per heavy atom. The Morgan fingerprint density at radius 3 is 2.75 bits per heavy atom. The van der Waals surface area contributed by atoms with Crippen LogP contribution in [0.2, 0.25) is 0 Å². The molecule has 2 heterocycles. The van der Waals surface area contributed by atoms with Crippen molar-refractivity contribution in [2.45, 2.75) is 26.1 Å². The molecule has 0 amide bonds. The topological polar surface area (TPSA) is 64.5 Å². The minimum Gasteiger partial charge on any atom is -0.485 e. The Morgan fingerprint density at radius 1 is 1.30 bits per heavy atom. The van der Waals surface area contributed by atoms with Gasteiger partial charge < -0.3 is 14.6 Å². The van der Waals surface area contributed by atoms with Crippen LogP contribution in [0.3, 0.4) is 0 Å². The van der Waals surface area contributed by atoms with Crippen molar-refractivity contribution in [2.24, 2.45) is 0 Å². The minimum atomic E-state index is -0.576. The summed E-state index contributed by atoms with van der Waals surface area (Å²) >= 11 is 0. The molecule has 1 unspecified atom stereocenters. The molecule has 1 aromatic carbocycles. The van der Waals surface area contributed by atoms with Crippen LogP contribution in [0.25, 0.3) is 0 Å². The van der Waals surface area contributed by atoms with Crippen molar-refractivity contribution in [2.75, 3.05) is 6.61 Å². The van der Waals surface area contributed by atoms with E-state index in [2.05, 4.69) is 9.97 Å². The van der Waals surface area contributed by atoms with Crippen LogP contribution >= 0.6 is 0 Å². The molecule has 0 radical (unpaired) electrons. The molecule has 5 nitrogen and oxygen atoms in total. The number of aromatic nitrogens is 2. The van der Waals surface area contributed by atoms with Gasteiger partial charge in [-0.2, -0.15) is 0 Å². The molecule has 1 aromatic heterocycles. The molecular weight excluding hydrogens is 256 g/mol. The van der Waals surface area contributed by atoms with Crippen LogP contribution in [0.15, 0.2) is 30.5 Å². The van der Waals surface area contributed by atoms with Crippen LogP contribution in [0.5, 0.6) is 11.5 Å². The standard InChI is InChI=1S/C15H16N2O3/c1-9-11(10(2)18)7-16-15(17-9)14-8-19-12-5-3-4-6-13(12)20-14/h3-7,10,14,18H,8H2,1-2H3/t10-,14?/m1/s1. The molecular formula is C15H16N2O3. The number of para-hydroxylation sites is 2. The molecule has 104 valence electrons. The minimum absolute atomic E-state index is 0.327. The van der Waals surface area contributed by atoms with Gasteiger partial charge >= 0.3 is 0 Å². The fourth-order valence-corrected chi connectivity index (χ4v) is 2.21. The van der Waals surface area contributed by atoms with E-state index in [0.29, 0.717) is 18.2 Å². The molecule has 0 aliphatic carbocycles. The number of rotatable bonds is 2. The van der Waals surface area contributed by atoms with Gasteiger partial charge in [0, 0.05) is 17.5 Å². The second-order valence-electron chi connectivity index (χ2n) is 4.81. The van der Waals surface area contributed by atoms with Crippen LogP contribution < -0.4 is 9.47 Å². The molecule has 0 spiro atoms. The maximum atomic E-state index is 9.60. The van der Waals surface area contributed by atoms with Crippen molar-refractivity contribution in [3.05, 3.63) is 47.5 Å². The summed E-state index contributed by atoms with van der Waals surface area (Å²) in [6, 6.07) is 7.53. The Bertz CT molecular complexity index is 628. The third-order valence-corrected chi connectivity index (χ3v) is 3.28. The van der Waals surface area contributed by atoms with E-state index in [0.717, 1.165) is 17.0 Å². The van der Waals surface area contributed by atoms with Gasteiger partial charge in [-0.15, -0.1) is 0 Å². The maximum absolute atomic E-state index is 9.60. The highest BCUT2D eigenvalue weighted by atomic mass is 16.6. The number of aryl methyl sites for hydroxylation is 1. The zero-order valence-electron chi connectivity index (χ0n) is 11.4. The van der Waals surface area contributed by atoms with Gasteiger partial charge in [-0.1, -0.05) is 12.1 Å². The van der Waals surface area contributed by atoms with Crippen molar-refractivity contribution >= 4 is 0 Å². The molecule has 2 atom stereocenters. The maximum Gasteiger partial charge on any atom is 0.192 e. The van der Waals surface area contributed by atoms with E-state index in [1.165, 1.54) is 0 Å². The Labute approximate surface area is 117 Å². The predicted molar refractivity (Wildman–Crippen MR) is 72.7 cm³/mol. The summed E-state index contributed by atoms with van der Waals surface area (Å²) in [5, 5.41) is 9.60. The van der Waals surface area contributed by atoms with E-state index in [1.54, 1.807) is 13.1 Å². The van der Waals surface area contributed by atoms with Crippen molar-refractivity contribution in [1.82, 2.24) is 9.97 Å². The molecule has 0 bridgehead atoms. The van der Waals surface area contributed by atoms with Gasteiger partial charge in [0.05, 0.1) is 6.10 Å². The summed E-state index contributed by atoms with van der Waals surface area (Å²) in [6.45, 7) is 3.93. The Kier molecular flexibility index (Phi) is 3.28. The third-order valence-electron chi connectivity index (χ3n) is 3.28. The number of fused-ring (bicyclic) bond motifs is 1. The molecule has 1 N–H and O–H groups in total. The number of hydrogen-bond acceptors (Lipinski definition) is 5. The SMILES string of the molecule is Cc1nc(C2COc3ccccc3O2)ncc1[C@@H](C)O. The quantitative estimate of drug-likeness (QED) is 0.909. The van der Waals surface area contributed by atoms with Gasteiger partial charge in [0.2, 0.25) is 0 Å². The first-order valence-electron chi connectivity index (χ1n) is 6.55. The number of ether oxygens (including phenoxy) is 2. The Balaban J connectivity index is 1.86. The largest absolute Gasteiger partial charge is 0.485 e. The van der Waals surface area contributed by atoms with Crippen LogP contribution in [0, 0.1) is 6.92 Å². The van der Waals surface area contributed by atoms with E-state index >= 15 is 0 Å². The van der Waals surface area contributed by atoms with Gasteiger partial charge in [-0.05, 0) is 26.0 Å². The first-order chi connectivity index (χ1) is 9.65. The monoisotopic (exact) mass is 272 g/mol. The third kappa shape index (κ3) is 2.32. The van der Waals surface area contributed by atoms with Gasteiger partial charge in [-0.25, -0.2) is 9.97 Å². The lowest BCUT2D eigenvalue weighted by molar-refractivity contribution is 0.0847. The van der Waals surface area contributed by atoms with Gasteiger partial charge in [0.15, 0.2) is 23.4 Å². The van der Waals surface area contributed by atoms with Crippen LogP contribution in [0.1, 0.15) is 36.2 Å². The zero-order valence-corrected chi connectivity index (χ0v) is 11.4. The van der Waals surface area contributed by atoms with Gasteiger partial charge in [0.25, 0.3) is 0 Å². The van der Waals surface area contributed by atoms with E-state index in [9.17, 15) is 5.11 Å². The molecule has 3 rings (SSSR count). The molecule has 2 aromatic rings. The number of aliphatic hydroxyl groups excluding tert-OH is 1. The summed E-state index contributed by atoms with van der Waals surface area (Å²) in [5.41, 5.74) is 1.48. The van der Waals surface area contributed by atoms with Crippen LogP contribution in [-0.4, -0.2) is 21.7 Å². The number of hydrogen-bond donors (Lipinski definition) is 1. The van der Waals surface area contributed by atoms with Crippen molar-refractivity contribution in [3.8, 4) is 11.5 Å². The highest BCUT2D eigenvalue weighted by molar-refractivity contribution is 5.41. The lowest BCUT2D eigenvalue weighted by Crippen LogP contribution is -2.24. The van der Waals surface area contributed by atoms with Crippen molar-refractivity contribution < 1.29 is 14.6 Å². The number of nitrogens with zero attached hydrogens (tertiary/aromatic N) is 2. The van der Waals surface area contributed by atoms with E-state index < -0.39 is 6.10 Å². The summed E-state index contributed by atoms with van der Waals surface area (Å²) in [5.74, 6) is 2.01. The summed E-state index contributed by atoms with van der Waals surface area (Å²) in [7, 11) is 0. The predicted octanol–water partition coefficient (Wildman–Crippen LogP) is 2.35. The molecule has 1 aliphatic heterocycles. The molecule has 0 fully saturated rings. The zero-order chi connectivity index (χ0) is 14.1. The number of aliphatic hydroxyl groups is 1. The summed E-state index contributed by atoms with van der Waals surface area (Å²) in [6.07, 6.45) is 0.742. The Hall–Kier alpha value is -2.14. The first kappa shape index (κ1) is 12.9. The first-order valence-corrected chi connectivity index (χ1v) is 6.55. The van der Waals surface area contributed by atoms with E-state index in [4.69, 9.17) is 9.47 Å². The average molecular weight is 272 g/mol. The molecule has 20 heavy (non-hydrogen) atoms. The van der Waals surface area contributed by atoms with E-state index in [1.807, 2.05) is 31.2 Å². The molecule has 5 heteroatoms. The second kappa shape index (κ2) is 5.09. The van der Waals surface area contributed by atoms with Crippen molar-refractivity contribution in [3.63, 3.8) is 0 Å². The fourth-order valence-electron chi connectivity index (χ4n) is 2.21. The summed E-state index contributed by atoms with van der Waals surface area (Å²) in [4.78, 5) is 8.70. The average Bonchev–Trinajstić information content (AvgIpc) is 2.46. The van der Waals surface area contributed by atoms with Crippen molar-refractivity contribution in [1.29, 1.82) is 0 Å². The highest BCUT2D eigenvalue weighted by Gasteiger charge is 2.25. The van der Waals surface area contributed by atoms with E-state index in [-0.39, 0.29) is 6.10 Å². The second-order valence-corrected chi connectivity index (χ2v) is 4.81. The normalized spacial score (nSPS) is 18.6. The fraction of sp³-hybridized carbons (Fsp3) is 0.333. The van der Waals surface area contributed by atoms with Gasteiger partial charge in [0.1, 0.15) is 6.61 Å². The lowest BCUT2D eigenvalue weighted by atomic mass is 10.1. The highest BCUT2D eigenvalue weighted by Crippen LogP contribution is 2.35. The molecule has 1 aliphatic rings. The van der Waals surface area contributed by atoms with Gasteiger partial charge in [-0.3, -0.25) is 0 Å². The molecule has 0 saturated heterocycles. The summed E-state index contributed by atoms with van der Waals surface area (Å²) < 4.78 is 11.5. The van der Waals surface area contributed by atoms with Crippen LogP contribution in [-0.2, 0) is 0 Å². The number of benzene rings is 1. The molecule has 0 saturated carbocycles. The smallest absolute Gasteiger partial charge is 0.192 e. The lowest BCUT2D eigenvalue weighted by Gasteiger charge is -2.25. The van der Waals surface area contributed by atoms with Crippen LogP contribution in [0.4, 0.5) is 0 Å².